The van der Waals surface area contributed by atoms with Crippen molar-refractivity contribution in [1.29, 1.82) is 0 Å². The number of amides is 1. The second-order valence-electron chi connectivity index (χ2n) is 7.46. The van der Waals surface area contributed by atoms with Gasteiger partial charge in [-0.05, 0) is 48.9 Å². The third kappa shape index (κ3) is 4.51. The van der Waals surface area contributed by atoms with Gasteiger partial charge in [0.25, 0.3) is 5.91 Å². The van der Waals surface area contributed by atoms with E-state index in [2.05, 4.69) is 10.4 Å². The molecule has 0 spiro atoms. The predicted octanol–water partition coefficient (Wildman–Crippen LogP) is 2.40. The zero-order valence-corrected chi connectivity index (χ0v) is 18.2. The fourth-order valence-corrected chi connectivity index (χ4v) is 4.63. The van der Waals surface area contributed by atoms with Crippen molar-refractivity contribution in [2.24, 2.45) is 0 Å². The third-order valence-corrected chi connectivity index (χ3v) is 6.77. The molecule has 168 valence electrons. The standard InChI is InChI=1S/C22H22FN3O5S/c1-14-21(16-4-7-19-18(12-16)24-20(28)13-31-19)22(15-2-5-17(23)6-3-15)26(25-14)8-10-32(29,30)11-9-27/h2-7,12,27H,8-11,13H2,1H3,(H,24,28). The number of aromatic nitrogens is 2. The molecule has 0 atom stereocenters. The second kappa shape index (κ2) is 8.71. The largest absolute Gasteiger partial charge is 0.482 e. The van der Waals surface area contributed by atoms with Crippen molar-refractivity contribution < 1.29 is 27.4 Å². The molecule has 0 fully saturated rings. The number of hydrogen-bond donors (Lipinski definition) is 2. The van der Waals surface area contributed by atoms with Crippen molar-refractivity contribution in [1.82, 2.24) is 9.78 Å². The maximum absolute atomic E-state index is 13.6. The number of carbonyl (C=O) groups excluding carboxylic acids is 1. The molecule has 0 bridgehead atoms. The van der Waals surface area contributed by atoms with E-state index in [1.54, 1.807) is 35.9 Å². The van der Waals surface area contributed by atoms with Crippen LogP contribution in [-0.2, 0) is 21.2 Å². The minimum Gasteiger partial charge on any atom is -0.482 e. The van der Waals surface area contributed by atoms with Crippen LogP contribution in [0.4, 0.5) is 10.1 Å². The first-order valence-corrected chi connectivity index (χ1v) is 11.8. The van der Waals surface area contributed by atoms with Gasteiger partial charge in [-0.25, -0.2) is 12.8 Å². The number of carbonyl (C=O) groups is 1. The van der Waals surface area contributed by atoms with E-state index in [1.807, 2.05) is 6.07 Å². The van der Waals surface area contributed by atoms with Gasteiger partial charge >= 0.3 is 0 Å². The quantitative estimate of drug-likeness (QED) is 0.561. The molecule has 0 unspecified atom stereocenters. The Morgan fingerprint density at radius 3 is 2.59 bits per heavy atom. The lowest BCUT2D eigenvalue weighted by Crippen LogP contribution is -2.25. The van der Waals surface area contributed by atoms with E-state index in [0.29, 0.717) is 28.4 Å². The molecular formula is C22H22FN3O5S. The monoisotopic (exact) mass is 459 g/mol. The van der Waals surface area contributed by atoms with Crippen LogP contribution in [0.3, 0.4) is 0 Å². The number of aryl methyl sites for hydroxylation is 2. The summed E-state index contributed by atoms with van der Waals surface area (Å²) in [5.41, 5.74) is 3.95. The van der Waals surface area contributed by atoms with Gasteiger partial charge in [-0.3, -0.25) is 9.48 Å². The summed E-state index contributed by atoms with van der Waals surface area (Å²) in [7, 11) is -3.46. The average Bonchev–Trinajstić information content (AvgIpc) is 3.08. The van der Waals surface area contributed by atoms with Crippen LogP contribution in [0.1, 0.15) is 5.69 Å². The zero-order valence-electron chi connectivity index (χ0n) is 17.3. The number of benzene rings is 2. The van der Waals surface area contributed by atoms with Crippen molar-refractivity contribution in [2.45, 2.75) is 13.5 Å². The fourth-order valence-electron chi connectivity index (χ4n) is 3.70. The van der Waals surface area contributed by atoms with E-state index in [9.17, 15) is 17.6 Å². The molecule has 2 aromatic carbocycles. The molecule has 1 amide bonds. The Morgan fingerprint density at radius 2 is 1.88 bits per heavy atom. The van der Waals surface area contributed by atoms with Crippen molar-refractivity contribution in [3.63, 3.8) is 0 Å². The smallest absolute Gasteiger partial charge is 0.262 e. The Labute approximate surface area is 184 Å². The van der Waals surface area contributed by atoms with E-state index in [1.165, 1.54) is 12.1 Å². The first-order chi connectivity index (χ1) is 15.3. The minimum atomic E-state index is -3.46. The molecule has 1 aliphatic heterocycles. The molecule has 10 heteroatoms. The van der Waals surface area contributed by atoms with Gasteiger partial charge < -0.3 is 15.2 Å². The van der Waals surface area contributed by atoms with Crippen LogP contribution in [0.25, 0.3) is 22.4 Å². The second-order valence-corrected chi connectivity index (χ2v) is 9.77. The lowest BCUT2D eigenvalue weighted by atomic mass is 9.98. The van der Waals surface area contributed by atoms with E-state index in [-0.39, 0.29) is 30.6 Å². The van der Waals surface area contributed by atoms with Gasteiger partial charge in [-0.1, -0.05) is 6.07 Å². The highest BCUT2D eigenvalue weighted by molar-refractivity contribution is 7.91. The summed E-state index contributed by atoms with van der Waals surface area (Å²) in [6, 6.07) is 11.2. The van der Waals surface area contributed by atoms with Crippen molar-refractivity contribution >= 4 is 21.4 Å². The summed E-state index contributed by atoms with van der Waals surface area (Å²) in [4.78, 5) is 11.7. The van der Waals surface area contributed by atoms with Crippen LogP contribution in [0.2, 0.25) is 0 Å². The summed E-state index contributed by atoms with van der Waals surface area (Å²) in [6.45, 7) is 1.38. The van der Waals surface area contributed by atoms with Gasteiger partial charge in [0.2, 0.25) is 0 Å². The maximum Gasteiger partial charge on any atom is 0.262 e. The molecular weight excluding hydrogens is 437 g/mol. The number of sulfone groups is 1. The van der Waals surface area contributed by atoms with E-state index >= 15 is 0 Å². The number of nitrogens with one attached hydrogen (secondary N) is 1. The number of fused-ring (bicyclic) bond motifs is 1. The molecule has 2 heterocycles. The highest BCUT2D eigenvalue weighted by Crippen LogP contribution is 2.39. The van der Waals surface area contributed by atoms with Gasteiger partial charge in [-0.15, -0.1) is 0 Å². The highest BCUT2D eigenvalue weighted by Gasteiger charge is 2.23. The van der Waals surface area contributed by atoms with Gasteiger partial charge in [0.05, 0.1) is 41.7 Å². The Bertz CT molecular complexity index is 1270. The first kappa shape index (κ1) is 22.0. The van der Waals surface area contributed by atoms with Crippen molar-refractivity contribution in [3.8, 4) is 28.1 Å². The molecule has 1 aromatic heterocycles. The van der Waals surface area contributed by atoms with Crippen LogP contribution >= 0.6 is 0 Å². The maximum atomic E-state index is 13.6. The fraction of sp³-hybridized carbons (Fsp3) is 0.273. The highest BCUT2D eigenvalue weighted by atomic mass is 32.2. The number of aliphatic hydroxyl groups excluding tert-OH is 1. The topological polar surface area (TPSA) is 111 Å². The Kier molecular flexibility index (Phi) is 5.98. The normalized spacial score (nSPS) is 13.4. The van der Waals surface area contributed by atoms with Gasteiger partial charge in [-0.2, -0.15) is 5.10 Å². The van der Waals surface area contributed by atoms with Gasteiger partial charge in [0, 0.05) is 11.1 Å². The molecule has 1 aliphatic rings. The number of anilines is 1. The summed E-state index contributed by atoms with van der Waals surface area (Å²) in [5, 5.41) is 16.3. The Hall–Kier alpha value is -3.24. The summed E-state index contributed by atoms with van der Waals surface area (Å²) < 4.78 is 44.9. The number of nitrogens with zero attached hydrogens (tertiary/aromatic N) is 2. The van der Waals surface area contributed by atoms with Crippen molar-refractivity contribution in [3.05, 3.63) is 54.0 Å². The molecule has 2 N–H and O–H groups in total. The number of ether oxygens (including phenoxy) is 1. The Morgan fingerprint density at radius 1 is 1.16 bits per heavy atom. The predicted molar refractivity (Wildman–Crippen MR) is 118 cm³/mol. The van der Waals surface area contributed by atoms with E-state index < -0.39 is 22.3 Å². The third-order valence-electron chi connectivity index (χ3n) is 5.16. The molecule has 0 saturated carbocycles. The molecule has 0 saturated heterocycles. The summed E-state index contributed by atoms with van der Waals surface area (Å²) >= 11 is 0. The average molecular weight is 459 g/mol. The molecule has 0 aliphatic carbocycles. The molecule has 8 nitrogen and oxygen atoms in total. The molecule has 3 aromatic rings. The zero-order chi connectivity index (χ0) is 22.9. The SMILES string of the molecule is Cc1nn(CCS(=O)(=O)CCO)c(-c2ccc(F)cc2)c1-c1ccc2c(c1)NC(=O)CO2. The number of hydrogen-bond acceptors (Lipinski definition) is 6. The van der Waals surface area contributed by atoms with Gasteiger partial charge in [0.1, 0.15) is 11.6 Å². The summed E-state index contributed by atoms with van der Waals surface area (Å²) in [6.07, 6.45) is 0. The van der Waals surface area contributed by atoms with Crippen LogP contribution in [-0.4, -0.2) is 53.9 Å². The van der Waals surface area contributed by atoms with Crippen LogP contribution in [0.15, 0.2) is 42.5 Å². The van der Waals surface area contributed by atoms with E-state index in [0.717, 1.165) is 11.1 Å². The first-order valence-electron chi connectivity index (χ1n) is 9.99. The van der Waals surface area contributed by atoms with Gasteiger partial charge in [0.15, 0.2) is 16.4 Å². The van der Waals surface area contributed by atoms with Crippen LogP contribution in [0.5, 0.6) is 5.75 Å². The molecule has 0 radical (unpaired) electrons. The number of rotatable bonds is 7. The molecule has 4 rings (SSSR count). The Balaban J connectivity index is 1.82. The van der Waals surface area contributed by atoms with Crippen LogP contribution in [0, 0.1) is 12.7 Å². The lowest BCUT2D eigenvalue weighted by molar-refractivity contribution is -0.118. The van der Waals surface area contributed by atoms with Crippen LogP contribution < -0.4 is 10.1 Å². The number of aliphatic hydroxyl groups is 1. The minimum absolute atomic E-state index is 0.0492. The van der Waals surface area contributed by atoms with E-state index in [4.69, 9.17) is 9.84 Å². The molecule has 32 heavy (non-hydrogen) atoms. The van der Waals surface area contributed by atoms with Crippen molar-refractivity contribution in [2.75, 3.05) is 30.0 Å². The lowest BCUT2D eigenvalue weighted by Gasteiger charge is -2.19. The number of halogens is 1. The summed E-state index contributed by atoms with van der Waals surface area (Å²) in [5.74, 6) is -0.614.